The van der Waals surface area contributed by atoms with Gasteiger partial charge in [-0.3, -0.25) is 4.79 Å². The van der Waals surface area contributed by atoms with E-state index in [-0.39, 0.29) is 6.54 Å². The first-order valence-electron chi connectivity index (χ1n) is 5.97. The summed E-state index contributed by atoms with van der Waals surface area (Å²) in [5, 5.41) is 1.08. The van der Waals surface area contributed by atoms with Crippen LogP contribution < -0.4 is 0 Å². The summed E-state index contributed by atoms with van der Waals surface area (Å²) in [4.78, 5) is 11.9. The molecule has 2 rings (SSSR count). The quantitative estimate of drug-likeness (QED) is 0.778. The Balaban J connectivity index is 2.13. The Morgan fingerprint density at radius 2 is 1.95 bits per heavy atom. The van der Waals surface area contributed by atoms with Gasteiger partial charge in [-0.1, -0.05) is 35.9 Å². The molecule has 0 N–H and O–H groups in total. The molecule has 0 bridgehead atoms. The highest BCUT2D eigenvalue weighted by atomic mass is 32.2. The molecule has 19 heavy (non-hydrogen) atoms. The van der Waals surface area contributed by atoms with Gasteiger partial charge in [0.1, 0.15) is 0 Å². The van der Waals surface area contributed by atoms with Crippen LogP contribution in [0.4, 0.5) is 0 Å². The maximum atomic E-state index is 11.9. The van der Waals surface area contributed by atoms with Gasteiger partial charge in [-0.2, -0.15) is 0 Å². The summed E-state index contributed by atoms with van der Waals surface area (Å²) >= 11 is 0. The van der Waals surface area contributed by atoms with Crippen molar-refractivity contribution >= 4 is 22.0 Å². The first-order chi connectivity index (χ1) is 8.99. The van der Waals surface area contributed by atoms with Gasteiger partial charge in [0.2, 0.25) is 0 Å². The second kappa shape index (κ2) is 5.40. The zero-order chi connectivity index (χ0) is 13.9. The van der Waals surface area contributed by atoms with Crippen molar-refractivity contribution in [2.75, 3.05) is 6.54 Å². The molecule has 0 saturated heterocycles. The van der Waals surface area contributed by atoms with E-state index in [1.807, 2.05) is 31.2 Å². The van der Waals surface area contributed by atoms with E-state index in [1.165, 1.54) is 6.08 Å². The van der Waals surface area contributed by atoms with Crippen molar-refractivity contribution in [3.05, 3.63) is 53.0 Å². The lowest BCUT2D eigenvalue weighted by molar-refractivity contribution is -0.121. The average molecular weight is 277 g/mol. The predicted molar refractivity (Wildman–Crippen MR) is 74.6 cm³/mol. The molecule has 5 heteroatoms. The van der Waals surface area contributed by atoms with E-state index in [0.717, 1.165) is 20.8 Å². The van der Waals surface area contributed by atoms with E-state index in [4.69, 9.17) is 0 Å². The number of carbonyl (C=O) groups excluding carboxylic acids is 1. The van der Waals surface area contributed by atoms with Gasteiger partial charge in [0.25, 0.3) is 15.9 Å². The molecule has 0 fully saturated rings. The number of aryl methyl sites for hydroxylation is 1. The second-order valence-electron chi connectivity index (χ2n) is 4.36. The van der Waals surface area contributed by atoms with Gasteiger partial charge in [0, 0.05) is 18.0 Å². The Bertz CT molecular complexity index is 627. The van der Waals surface area contributed by atoms with Crippen molar-refractivity contribution in [1.29, 1.82) is 0 Å². The Hall–Kier alpha value is -1.88. The number of benzene rings is 1. The summed E-state index contributed by atoms with van der Waals surface area (Å²) in [6, 6.07) is 7.63. The molecule has 0 aromatic heterocycles. The van der Waals surface area contributed by atoms with Gasteiger partial charge in [-0.05, 0) is 25.0 Å². The summed E-state index contributed by atoms with van der Waals surface area (Å²) in [5.74, 6) is -0.509. The second-order valence-corrected chi connectivity index (χ2v) is 6.10. The maximum absolute atomic E-state index is 11.9. The van der Waals surface area contributed by atoms with Gasteiger partial charge in [0.05, 0.1) is 0 Å². The summed E-state index contributed by atoms with van der Waals surface area (Å²) in [7, 11) is -3.58. The van der Waals surface area contributed by atoms with Crippen molar-refractivity contribution in [2.45, 2.75) is 13.3 Å². The highest BCUT2D eigenvalue weighted by Gasteiger charge is 2.24. The number of hydrogen-bond acceptors (Lipinski definition) is 3. The van der Waals surface area contributed by atoms with E-state index >= 15 is 0 Å². The molecule has 1 aromatic rings. The lowest BCUT2D eigenvalue weighted by atomic mass is 10.1. The van der Waals surface area contributed by atoms with Gasteiger partial charge in [-0.25, -0.2) is 12.7 Å². The molecule has 0 unspecified atom stereocenters. The monoisotopic (exact) mass is 277 g/mol. The van der Waals surface area contributed by atoms with Crippen LogP contribution in [0.3, 0.4) is 0 Å². The predicted octanol–water partition coefficient (Wildman–Crippen LogP) is 2.08. The number of nitrogens with zero attached hydrogens (tertiary/aromatic N) is 1. The standard InChI is InChI=1S/C14H15NO3S/c1-12-4-6-13(7-5-12)8-9-14(16)15-10-2-3-11-19(15,17)18/h3-9,11H,2,10H2,1H3/b9-8+. The highest BCUT2D eigenvalue weighted by molar-refractivity contribution is 7.92. The van der Waals surface area contributed by atoms with Gasteiger partial charge >= 0.3 is 0 Å². The van der Waals surface area contributed by atoms with Crippen LogP contribution in [0.2, 0.25) is 0 Å². The van der Waals surface area contributed by atoms with Crippen LogP contribution in [0.5, 0.6) is 0 Å². The van der Waals surface area contributed by atoms with Gasteiger partial charge in [0.15, 0.2) is 0 Å². The van der Waals surface area contributed by atoms with Crippen molar-refractivity contribution in [1.82, 2.24) is 4.31 Å². The van der Waals surface area contributed by atoms with Crippen molar-refractivity contribution in [2.24, 2.45) is 0 Å². The number of sulfonamides is 1. The fraction of sp³-hybridized carbons (Fsp3) is 0.214. The van der Waals surface area contributed by atoms with Crippen LogP contribution >= 0.6 is 0 Å². The third kappa shape index (κ3) is 3.32. The van der Waals surface area contributed by atoms with E-state index in [0.29, 0.717) is 6.42 Å². The SMILES string of the molecule is Cc1ccc(/C=C/C(=O)N2CCC=CS2(=O)=O)cc1. The normalized spacial score (nSPS) is 17.8. The van der Waals surface area contributed by atoms with Crippen LogP contribution in [0.15, 0.2) is 41.8 Å². The van der Waals surface area contributed by atoms with Crippen molar-refractivity contribution in [3.8, 4) is 0 Å². The minimum atomic E-state index is -3.58. The summed E-state index contributed by atoms with van der Waals surface area (Å²) < 4.78 is 24.2. The molecule has 0 aliphatic carbocycles. The molecule has 1 aliphatic rings. The number of carbonyl (C=O) groups is 1. The zero-order valence-electron chi connectivity index (χ0n) is 10.6. The lowest BCUT2D eigenvalue weighted by Gasteiger charge is -2.21. The third-order valence-corrected chi connectivity index (χ3v) is 4.33. The minimum absolute atomic E-state index is 0.204. The van der Waals surface area contributed by atoms with Crippen molar-refractivity contribution in [3.63, 3.8) is 0 Å². The van der Waals surface area contributed by atoms with Gasteiger partial charge in [-0.15, -0.1) is 0 Å². The number of rotatable bonds is 2. The highest BCUT2D eigenvalue weighted by Crippen LogP contribution is 2.13. The molecule has 0 atom stereocenters. The Morgan fingerprint density at radius 1 is 1.26 bits per heavy atom. The van der Waals surface area contributed by atoms with Crippen LogP contribution in [-0.2, 0) is 14.8 Å². The van der Waals surface area contributed by atoms with Crippen LogP contribution in [0.25, 0.3) is 6.08 Å². The van der Waals surface area contributed by atoms with Crippen LogP contribution in [0, 0.1) is 6.92 Å². The first-order valence-corrected chi connectivity index (χ1v) is 7.47. The summed E-state index contributed by atoms with van der Waals surface area (Å²) in [6.07, 6.45) is 5.03. The molecule has 4 nitrogen and oxygen atoms in total. The first kappa shape index (κ1) is 13.5. The Labute approximate surface area is 113 Å². The molecular formula is C14H15NO3S. The fourth-order valence-electron chi connectivity index (χ4n) is 1.75. The lowest BCUT2D eigenvalue weighted by Crippen LogP contribution is -2.36. The molecule has 0 saturated carbocycles. The molecule has 1 aliphatic heterocycles. The molecule has 0 spiro atoms. The largest absolute Gasteiger partial charge is 0.269 e. The molecule has 1 aromatic carbocycles. The van der Waals surface area contributed by atoms with Crippen LogP contribution in [-0.4, -0.2) is 25.2 Å². The summed E-state index contributed by atoms with van der Waals surface area (Å²) in [5.41, 5.74) is 2.00. The Kier molecular flexibility index (Phi) is 3.85. The number of hydrogen-bond donors (Lipinski definition) is 0. The van der Waals surface area contributed by atoms with E-state index in [2.05, 4.69) is 0 Å². The molecule has 100 valence electrons. The Morgan fingerprint density at radius 3 is 2.58 bits per heavy atom. The summed E-state index contributed by atoms with van der Waals surface area (Å²) in [6.45, 7) is 2.18. The number of amides is 1. The smallest absolute Gasteiger partial charge is 0.260 e. The average Bonchev–Trinajstić information content (AvgIpc) is 2.37. The molecule has 0 radical (unpaired) electrons. The molecular weight excluding hydrogens is 262 g/mol. The fourth-order valence-corrected chi connectivity index (χ4v) is 2.94. The molecule has 1 heterocycles. The minimum Gasteiger partial charge on any atom is -0.269 e. The van der Waals surface area contributed by atoms with E-state index in [1.54, 1.807) is 12.2 Å². The maximum Gasteiger partial charge on any atom is 0.260 e. The molecule has 1 amide bonds. The zero-order valence-corrected chi connectivity index (χ0v) is 11.4. The van der Waals surface area contributed by atoms with Gasteiger partial charge < -0.3 is 0 Å². The topological polar surface area (TPSA) is 54.5 Å². The third-order valence-electron chi connectivity index (χ3n) is 2.82. The van der Waals surface area contributed by atoms with E-state index < -0.39 is 15.9 Å². The van der Waals surface area contributed by atoms with Crippen molar-refractivity contribution < 1.29 is 13.2 Å². The van der Waals surface area contributed by atoms with Crippen LogP contribution in [0.1, 0.15) is 17.5 Å². The van der Waals surface area contributed by atoms with E-state index in [9.17, 15) is 13.2 Å².